The molecule has 0 aliphatic carbocycles. The number of likely N-dealkylation sites (tertiary alicyclic amines) is 1. The van der Waals surface area contributed by atoms with Gasteiger partial charge in [-0.1, -0.05) is 66.7 Å². The van der Waals surface area contributed by atoms with E-state index in [0.717, 1.165) is 11.1 Å². The third kappa shape index (κ3) is 7.60. The lowest BCUT2D eigenvalue weighted by atomic mass is 10.0. The maximum absolute atomic E-state index is 13.1. The van der Waals surface area contributed by atoms with Crippen molar-refractivity contribution in [3.05, 3.63) is 95.6 Å². The normalized spacial score (nSPS) is 17.1. The van der Waals surface area contributed by atoms with Crippen LogP contribution in [0.25, 0.3) is 0 Å². The zero-order chi connectivity index (χ0) is 28.5. The van der Waals surface area contributed by atoms with E-state index < -0.39 is 30.1 Å². The van der Waals surface area contributed by atoms with E-state index in [0.29, 0.717) is 30.3 Å². The molecule has 0 bridgehead atoms. The maximum atomic E-state index is 13.1. The summed E-state index contributed by atoms with van der Waals surface area (Å²) < 4.78 is 17.2. The Bertz CT molecular complexity index is 1300. The van der Waals surface area contributed by atoms with E-state index in [1.165, 1.54) is 18.9 Å². The number of hydrogen-bond donors (Lipinski definition) is 2. The van der Waals surface area contributed by atoms with E-state index in [-0.39, 0.29) is 25.3 Å². The van der Waals surface area contributed by atoms with Gasteiger partial charge in [0.05, 0.1) is 13.2 Å². The van der Waals surface area contributed by atoms with Gasteiger partial charge >= 0.3 is 5.97 Å². The summed E-state index contributed by atoms with van der Waals surface area (Å²) in [5.74, 6) is -0.436. The zero-order valence-electron chi connectivity index (χ0n) is 22.6. The average Bonchev–Trinajstić information content (AvgIpc) is 3.38. The predicted octanol–water partition coefficient (Wildman–Crippen LogP) is 3.03. The first-order valence-corrected chi connectivity index (χ1v) is 13.1. The number of methoxy groups -OCH3 is 1. The van der Waals surface area contributed by atoms with Gasteiger partial charge < -0.3 is 29.5 Å². The molecule has 1 fully saturated rings. The monoisotopic (exact) mass is 546 g/mol. The van der Waals surface area contributed by atoms with Crippen LogP contribution in [0.5, 0.6) is 11.5 Å². The van der Waals surface area contributed by atoms with Gasteiger partial charge in [-0.15, -0.1) is 0 Å². The van der Waals surface area contributed by atoms with Crippen LogP contribution < -0.4 is 14.8 Å². The Morgan fingerprint density at radius 2 is 1.50 bits per heavy atom. The van der Waals surface area contributed by atoms with Crippen LogP contribution >= 0.6 is 0 Å². The van der Waals surface area contributed by atoms with Gasteiger partial charge in [0.15, 0.2) is 11.5 Å². The summed E-state index contributed by atoms with van der Waals surface area (Å²) in [6.45, 7) is 2.08. The second kappa shape index (κ2) is 13.6. The number of esters is 1. The van der Waals surface area contributed by atoms with Gasteiger partial charge in [-0.25, -0.2) is 4.79 Å². The number of nitrogens with zero attached hydrogens (tertiary/aromatic N) is 1. The van der Waals surface area contributed by atoms with Gasteiger partial charge in [0, 0.05) is 26.3 Å². The van der Waals surface area contributed by atoms with Gasteiger partial charge in [0.1, 0.15) is 25.3 Å². The fraction of sp³-hybridized carbons (Fsp3) is 0.323. The van der Waals surface area contributed by atoms with Crippen LogP contribution in [0.15, 0.2) is 78.9 Å². The SMILES string of the molecule is COC(=O)[C@H](Cc1ccc(OCc2ccccc2)c(OCc2ccccc2)c1)NC(=O)[C@@H]1C[C@@H](O)CN1C(C)=O. The van der Waals surface area contributed by atoms with Crippen LogP contribution in [0.1, 0.15) is 30.0 Å². The highest BCUT2D eigenvalue weighted by Crippen LogP contribution is 2.31. The lowest BCUT2D eigenvalue weighted by molar-refractivity contribution is -0.146. The number of aliphatic hydroxyl groups excluding tert-OH is 1. The summed E-state index contributed by atoms with van der Waals surface area (Å²) in [5, 5.41) is 12.7. The first-order valence-electron chi connectivity index (χ1n) is 13.1. The Morgan fingerprint density at radius 1 is 0.900 bits per heavy atom. The van der Waals surface area contributed by atoms with Crippen molar-refractivity contribution in [1.82, 2.24) is 10.2 Å². The number of amides is 2. The third-order valence-corrected chi connectivity index (χ3v) is 6.71. The molecule has 0 saturated carbocycles. The van der Waals surface area contributed by atoms with Crippen molar-refractivity contribution in [2.75, 3.05) is 13.7 Å². The molecular weight excluding hydrogens is 512 g/mol. The van der Waals surface area contributed by atoms with Gasteiger partial charge in [0.25, 0.3) is 0 Å². The second-order valence-electron chi connectivity index (χ2n) is 9.69. The van der Waals surface area contributed by atoms with Crippen molar-refractivity contribution in [3.8, 4) is 11.5 Å². The summed E-state index contributed by atoms with van der Waals surface area (Å²) in [6.07, 6.45) is -0.581. The Hall–Kier alpha value is -4.37. The Balaban J connectivity index is 1.52. The molecule has 0 spiro atoms. The van der Waals surface area contributed by atoms with Crippen LogP contribution in [-0.2, 0) is 38.8 Å². The fourth-order valence-corrected chi connectivity index (χ4v) is 4.63. The van der Waals surface area contributed by atoms with Crippen molar-refractivity contribution in [2.24, 2.45) is 0 Å². The first-order chi connectivity index (χ1) is 19.3. The molecule has 3 aromatic rings. The molecule has 3 atom stereocenters. The number of carbonyl (C=O) groups is 3. The van der Waals surface area contributed by atoms with Gasteiger partial charge in [-0.2, -0.15) is 0 Å². The summed E-state index contributed by atoms with van der Waals surface area (Å²) in [4.78, 5) is 39.0. The molecule has 1 saturated heterocycles. The number of ether oxygens (including phenoxy) is 3. The molecule has 9 heteroatoms. The topological polar surface area (TPSA) is 114 Å². The van der Waals surface area contributed by atoms with Crippen LogP contribution in [0.4, 0.5) is 0 Å². The lowest BCUT2D eigenvalue weighted by Gasteiger charge is -2.25. The van der Waals surface area contributed by atoms with Crippen LogP contribution in [0.3, 0.4) is 0 Å². The second-order valence-corrected chi connectivity index (χ2v) is 9.69. The molecule has 0 aromatic heterocycles. The highest BCUT2D eigenvalue weighted by atomic mass is 16.5. The van der Waals surface area contributed by atoms with E-state index in [9.17, 15) is 19.5 Å². The van der Waals surface area contributed by atoms with Gasteiger partial charge in [-0.05, 0) is 28.8 Å². The average molecular weight is 547 g/mol. The molecule has 3 aromatic carbocycles. The minimum absolute atomic E-state index is 0.0723. The standard InChI is InChI=1S/C31H34N2O7/c1-21(34)33-18-25(35)17-27(33)30(36)32-26(31(37)38-2)15-24-13-14-28(39-19-22-9-5-3-6-10-22)29(16-24)40-20-23-11-7-4-8-12-23/h3-14,16,25-27,35H,15,17-20H2,1-2H3,(H,32,36)/t25-,26+,27+/m1/s1. The summed E-state index contributed by atoms with van der Waals surface area (Å²) in [5.41, 5.74) is 2.70. The molecule has 40 heavy (non-hydrogen) atoms. The number of hydrogen-bond acceptors (Lipinski definition) is 7. The van der Waals surface area contributed by atoms with Crippen LogP contribution in [0, 0.1) is 0 Å². The lowest BCUT2D eigenvalue weighted by Crippen LogP contribution is -2.51. The van der Waals surface area contributed by atoms with Crippen molar-refractivity contribution < 1.29 is 33.7 Å². The number of aliphatic hydroxyl groups is 1. The van der Waals surface area contributed by atoms with E-state index in [2.05, 4.69) is 5.32 Å². The van der Waals surface area contributed by atoms with E-state index in [4.69, 9.17) is 14.2 Å². The van der Waals surface area contributed by atoms with E-state index in [1.54, 1.807) is 18.2 Å². The molecule has 1 aliphatic heterocycles. The number of rotatable bonds is 11. The number of carbonyl (C=O) groups excluding carboxylic acids is 3. The number of benzene rings is 3. The van der Waals surface area contributed by atoms with Gasteiger partial charge in [0.2, 0.25) is 11.8 Å². The Kier molecular flexibility index (Phi) is 9.75. The number of β-amino-alcohol motifs (C(OH)–C–C–N with tert-alkyl or cyclic N) is 1. The molecule has 1 aliphatic rings. The highest BCUT2D eigenvalue weighted by Gasteiger charge is 2.39. The maximum Gasteiger partial charge on any atom is 0.328 e. The minimum atomic E-state index is -1.01. The quantitative estimate of drug-likeness (QED) is 0.356. The Labute approximate surface area is 233 Å². The summed E-state index contributed by atoms with van der Waals surface area (Å²) >= 11 is 0. The largest absolute Gasteiger partial charge is 0.485 e. The Morgan fingerprint density at radius 3 is 2.08 bits per heavy atom. The third-order valence-electron chi connectivity index (χ3n) is 6.71. The van der Waals surface area contributed by atoms with E-state index in [1.807, 2.05) is 60.7 Å². The van der Waals surface area contributed by atoms with Crippen LogP contribution in [0.2, 0.25) is 0 Å². The molecule has 1 heterocycles. The van der Waals surface area contributed by atoms with Crippen molar-refractivity contribution in [3.63, 3.8) is 0 Å². The van der Waals surface area contributed by atoms with Gasteiger partial charge in [-0.3, -0.25) is 9.59 Å². The minimum Gasteiger partial charge on any atom is -0.485 e. The molecular formula is C31H34N2O7. The molecule has 2 N–H and O–H groups in total. The molecule has 9 nitrogen and oxygen atoms in total. The highest BCUT2D eigenvalue weighted by molar-refractivity contribution is 5.91. The van der Waals surface area contributed by atoms with Crippen LogP contribution in [-0.4, -0.2) is 59.6 Å². The molecule has 210 valence electrons. The fourth-order valence-electron chi connectivity index (χ4n) is 4.63. The first kappa shape index (κ1) is 28.6. The van der Waals surface area contributed by atoms with Crippen molar-refractivity contribution in [1.29, 1.82) is 0 Å². The van der Waals surface area contributed by atoms with Crippen molar-refractivity contribution in [2.45, 2.75) is 51.2 Å². The smallest absolute Gasteiger partial charge is 0.328 e. The molecule has 4 rings (SSSR count). The molecule has 2 amide bonds. The summed E-state index contributed by atoms with van der Waals surface area (Å²) in [6, 6.07) is 23.0. The van der Waals surface area contributed by atoms with E-state index >= 15 is 0 Å². The van der Waals surface area contributed by atoms with Crippen molar-refractivity contribution >= 4 is 17.8 Å². The molecule has 0 radical (unpaired) electrons. The predicted molar refractivity (Wildman–Crippen MR) is 147 cm³/mol. The zero-order valence-corrected chi connectivity index (χ0v) is 22.6. The molecule has 0 unspecified atom stereocenters. The summed E-state index contributed by atoms with van der Waals surface area (Å²) in [7, 11) is 1.25. The number of nitrogens with one attached hydrogen (secondary N) is 1.